The molecule has 0 heterocycles. The zero-order valence-corrected chi connectivity index (χ0v) is 12.5. The highest BCUT2D eigenvalue weighted by molar-refractivity contribution is 7.92. The summed E-state index contributed by atoms with van der Waals surface area (Å²) in [6.07, 6.45) is 0. The number of hydrogen-bond donors (Lipinski definition) is 0. The molecule has 1 aromatic carbocycles. The van der Waals surface area contributed by atoms with Gasteiger partial charge in [-0.3, -0.25) is 9.10 Å². The van der Waals surface area contributed by atoms with E-state index in [4.69, 9.17) is 16.3 Å². The van der Waals surface area contributed by atoms with Gasteiger partial charge < -0.3 is 4.74 Å². The molecule has 1 rings (SSSR count). The Labute approximate surface area is 118 Å². The summed E-state index contributed by atoms with van der Waals surface area (Å²) in [7, 11) is -2.08. The van der Waals surface area contributed by atoms with E-state index in [9.17, 15) is 13.2 Å². The van der Waals surface area contributed by atoms with Crippen molar-refractivity contribution in [3.05, 3.63) is 24.3 Å². The van der Waals surface area contributed by atoms with Crippen molar-refractivity contribution in [2.24, 2.45) is 0 Å². The minimum atomic E-state index is -3.59. The first-order valence-corrected chi connectivity index (χ1v) is 7.67. The number of methoxy groups -OCH3 is 1. The van der Waals surface area contributed by atoms with Crippen LogP contribution in [0.1, 0.15) is 13.8 Å². The van der Waals surface area contributed by atoms with Gasteiger partial charge in [-0.15, -0.1) is 0 Å². The Bertz CT molecular complexity index is 541. The molecule has 0 radical (unpaired) electrons. The minimum Gasteiger partial charge on any atom is -0.497 e. The molecule has 0 aliphatic rings. The summed E-state index contributed by atoms with van der Waals surface area (Å²) in [5.41, 5.74) is 0.379. The maximum absolute atomic E-state index is 12.1. The van der Waals surface area contributed by atoms with E-state index in [0.29, 0.717) is 11.4 Å². The van der Waals surface area contributed by atoms with Crippen LogP contribution in [0.3, 0.4) is 0 Å². The zero-order valence-electron chi connectivity index (χ0n) is 11.0. The third-order valence-corrected chi connectivity index (χ3v) is 4.84. The van der Waals surface area contributed by atoms with Crippen LogP contribution in [0.5, 0.6) is 5.75 Å². The van der Waals surface area contributed by atoms with Crippen molar-refractivity contribution in [1.29, 1.82) is 0 Å². The summed E-state index contributed by atoms with van der Waals surface area (Å²) >= 11 is 5.42. The Kier molecular flexibility index (Phi) is 5.20. The van der Waals surface area contributed by atoms with Crippen LogP contribution in [0.2, 0.25) is 0 Å². The number of sulfonamides is 1. The van der Waals surface area contributed by atoms with E-state index in [1.54, 1.807) is 24.3 Å². The first-order valence-electron chi connectivity index (χ1n) is 5.69. The second kappa shape index (κ2) is 6.25. The Hall–Kier alpha value is -1.27. The van der Waals surface area contributed by atoms with Crippen molar-refractivity contribution in [2.45, 2.75) is 19.9 Å². The molecule has 0 bridgehead atoms. The molecule has 1 unspecified atom stereocenters. The average molecular weight is 306 g/mol. The second-order valence-electron chi connectivity index (χ2n) is 3.87. The topological polar surface area (TPSA) is 63.7 Å². The van der Waals surface area contributed by atoms with Gasteiger partial charge in [0.2, 0.25) is 15.3 Å². The molecule has 0 fully saturated rings. The van der Waals surface area contributed by atoms with Crippen LogP contribution in [0.4, 0.5) is 5.69 Å². The zero-order chi connectivity index (χ0) is 14.6. The molecule has 0 spiro atoms. The normalized spacial score (nSPS) is 12.8. The standard InChI is InChI=1S/C12H16ClNO4S/c1-4-19(16,17)14(9(2)12(13)15)10-5-7-11(18-3)8-6-10/h5-9H,4H2,1-3H3. The number of nitrogens with zero attached hydrogens (tertiary/aromatic N) is 1. The maximum atomic E-state index is 12.1. The van der Waals surface area contributed by atoms with Gasteiger partial charge in [0.1, 0.15) is 11.8 Å². The molecule has 0 N–H and O–H groups in total. The summed E-state index contributed by atoms with van der Waals surface area (Å²) in [5, 5.41) is -0.729. The first kappa shape index (κ1) is 15.8. The van der Waals surface area contributed by atoms with Gasteiger partial charge in [0.25, 0.3) is 0 Å². The van der Waals surface area contributed by atoms with E-state index in [0.717, 1.165) is 4.31 Å². The minimum absolute atomic E-state index is 0.118. The number of carbonyl (C=O) groups excluding carboxylic acids is 1. The highest BCUT2D eigenvalue weighted by atomic mass is 35.5. The summed E-state index contributed by atoms with van der Waals surface area (Å²) in [4.78, 5) is 11.3. The molecule has 0 saturated heterocycles. The number of halogens is 1. The van der Waals surface area contributed by atoms with Crippen molar-refractivity contribution in [3.63, 3.8) is 0 Å². The molecule has 106 valence electrons. The van der Waals surface area contributed by atoms with Crippen LogP contribution in [0.15, 0.2) is 24.3 Å². The Balaban J connectivity index is 3.27. The van der Waals surface area contributed by atoms with Crippen LogP contribution in [-0.2, 0) is 14.8 Å². The van der Waals surface area contributed by atoms with Gasteiger partial charge in [0.05, 0.1) is 18.6 Å². The van der Waals surface area contributed by atoms with Crippen LogP contribution in [0, 0.1) is 0 Å². The van der Waals surface area contributed by atoms with Gasteiger partial charge in [-0.25, -0.2) is 8.42 Å². The van der Waals surface area contributed by atoms with Crippen LogP contribution >= 0.6 is 11.6 Å². The number of anilines is 1. The highest BCUT2D eigenvalue weighted by Crippen LogP contribution is 2.25. The number of rotatable bonds is 6. The van der Waals surface area contributed by atoms with E-state index in [-0.39, 0.29) is 5.75 Å². The molecule has 19 heavy (non-hydrogen) atoms. The van der Waals surface area contributed by atoms with E-state index in [1.807, 2.05) is 0 Å². The van der Waals surface area contributed by atoms with Gasteiger partial charge in [0, 0.05) is 0 Å². The smallest absolute Gasteiger partial charge is 0.245 e. The Morgan fingerprint density at radius 3 is 2.26 bits per heavy atom. The molecule has 0 aliphatic carbocycles. The number of benzene rings is 1. The molecule has 1 atom stereocenters. The highest BCUT2D eigenvalue weighted by Gasteiger charge is 2.29. The van der Waals surface area contributed by atoms with Gasteiger partial charge in [-0.2, -0.15) is 0 Å². The maximum Gasteiger partial charge on any atom is 0.245 e. The fourth-order valence-electron chi connectivity index (χ4n) is 1.59. The van der Waals surface area contributed by atoms with E-state index < -0.39 is 21.3 Å². The number of hydrogen-bond acceptors (Lipinski definition) is 4. The molecule has 0 aromatic heterocycles. The molecule has 0 saturated carbocycles. The van der Waals surface area contributed by atoms with E-state index >= 15 is 0 Å². The van der Waals surface area contributed by atoms with Gasteiger partial charge >= 0.3 is 0 Å². The summed E-state index contributed by atoms with van der Waals surface area (Å²) in [5.74, 6) is 0.482. The van der Waals surface area contributed by atoms with E-state index in [2.05, 4.69) is 0 Å². The average Bonchev–Trinajstić information content (AvgIpc) is 2.39. The molecule has 1 aromatic rings. The molecule has 0 amide bonds. The second-order valence-corrected chi connectivity index (χ2v) is 6.38. The third-order valence-electron chi connectivity index (χ3n) is 2.67. The van der Waals surface area contributed by atoms with Gasteiger partial charge in [-0.05, 0) is 49.7 Å². The quantitative estimate of drug-likeness (QED) is 0.754. The number of carbonyl (C=O) groups is 1. The molecular formula is C12H16ClNO4S. The summed E-state index contributed by atoms with van der Waals surface area (Å²) in [6, 6.07) is 5.43. The molecule has 7 heteroatoms. The SMILES string of the molecule is CCS(=O)(=O)N(c1ccc(OC)cc1)C(C)C(=O)Cl. The van der Waals surface area contributed by atoms with Crippen LogP contribution in [0.25, 0.3) is 0 Å². The lowest BCUT2D eigenvalue weighted by molar-refractivity contribution is -0.112. The summed E-state index contributed by atoms with van der Waals surface area (Å²) < 4.78 is 30.2. The van der Waals surface area contributed by atoms with Crippen molar-refractivity contribution in [2.75, 3.05) is 17.2 Å². The third kappa shape index (κ3) is 3.61. The lowest BCUT2D eigenvalue weighted by Gasteiger charge is -2.27. The lowest BCUT2D eigenvalue weighted by atomic mass is 10.2. The van der Waals surface area contributed by atoms with E-state index in [1.165, 1.54) is 21.0 Å². The predicted octanol–water partition coefficient (Wildman–Crippen LogP) is 2.01. The largest absolute Gasteiger partial charge is 0.497 e. The van der Waals surface area contributed by atoms with Crippen molar-refractivity contribution in [1.82, 2.24) is 0 Å². The van der Waals surface area contributed by atoms with Crippen molar-refractivity contribution < 1.29 is 17.9 Å². The monoisotopic (exact) mass is 305 g/mol. The van der Waals surface area contributed by atoms with Crippen molar-refractivity contribution >= 4 is 32.6 Å². The number of ether oxygens (including phenoxy) is 1. The van der Waals surface area contributed by atoms with Crippen molar-refractivity contribution in [3.8, 4) is 5.75 Å². The van der Waals surface area contributed by atoms with Gasteiger partial charge in [-0.1, -0.05) is 0 Å². The lowest BCUT2D eigenvalue weighted by Crippen LogP contribution is -2.42. The predicted molar refractivity (Wildman–Crippen MR) is 75.3 cm³/mol. The van der Waals surface area contributed by atoms with Crippen LogP contribution in [-0.4, -0.2) is 32.6 Å². The van der Waals surface area contributed by atoms with Gasteiger partial charge in [0.15, 0.2) is 0 Å². The summed E-state index contributed by atoms with van der Waals surface area (Å²) in [6.45, 7) is 2.96. The Morgan fingerprint density at radius 2 is 1.89 bits per heavy atom. The Morgan fingerprint density at radius 1 is 1.37 bits per heavy atom. The molecule has 5 nitrogen and oxygen atoms in total. The first-order chi connectivity index (χ1) is 8.83. The van der Waals surface area contributed by atoms with Crippen LogP contribution < -0.4 is 9.04 Å². The fourth-order valence-corrected chi connectivity index (χ4v) is 3.04. The fraction of sp³-hybridized carbons (Fsp3) is 0.417. The molecular weight excluding hydrogens is 290 g/mol. The molecule has 0 aliphatic heterocycles.